The van der Waals surface area contributed by atoms with Gasteiger partial charge in [0.05, 0.1) is 11.1 Å². The van der Waals surface area contributed by atoms with Crippen molar-refractivity contribution in [2.45, 2.75) is 0 Å². The number of para-hydroxylation sites is 1. The summed E-state index contributed by atoms with van der Waals surface area (Å²) in [6.45, 7) is 0. The maximum Gasteiger partial charge on any atom is 0.252 e. The van der Waals surface area contributed by atoms with Gasteiger partial charge in [0, 0.05) is 18.8 Å². The lowest BCUT2D eigenvalue weighted by Gasteiger charge is -2.01. The molecule has 0 saturated carbocycles. The van der Waals surface area contributed by atoms with Gasteiger partial charge in [-0.3, -0.25) is 4.79 Å². The van der Waals surface area contributed by atoms with Crippen LogP contribution in [0.2, 0.25) is 0 Å². The molecule has 0 saturated heterocycles. The lowest BCUT2D eigenvalue weighted by Crippen LogP contribution is -2.08. The molecule has 3 N–H and O–H groups in total. The van der Waals surface area contributed by atoms with Crippen LogP contribution >= 0.6 is 11.3 Å². The Morgan fingerprint density at radius 3 is 2.74 bits per heavy atom. The summed E-state index contributed by atoms with van der Waals surface area (Å²) < 4.78 is 0. The molecule has 98 valence electrons. The number of aliphatic hydroxyl groups excluding tert-OH is 1. The molecule has 0 bridgehead atoms. The molecule has 1 amide bonds. The second-order valence-corrected chi connectivity index (χ2v) is 4.70. The van der Waals surface area contributed by atoms with Gasteiger partial charge in [-0.1, -0.05) is 29.5 Å². The lowest BCUT2D eigenvalue weighted by atomic mass is 10.3. The average molecular weight is 275 g/mol. The quantitative estimate of drug-likeness (QED) is 0.592. The molecule has 19 heavy (non-hydrogen) atoms. The van der Waals surface area contributed by atoms with E-state index in [1.165, 1.54) is 17.5 Å². The van der Waals surface area contributed by atoms with Crippen LogP contribution in [0.5, 0.6) is 0 Å². The molecule has 1 aromatic heterocycles. The van der Waals surface area contributed by atoms with Crippen LogP contribution in [0.15, 0.2) is 42.6 Å². The van der Waals surface area contributed by atoms with E-state index < -0.39 is 0 Å². The Bertz CT molecular complexity index is 593. The van der Waals surface area contributed by atoms with E-state index in [0.717, 1.165) is 6.08 Å². The van der Waals surface area contributed by atoms with Crippen molar-refractivity contribution in [1.82, 2.24) is 4.98 Å². The number of benzene rings is 1. The molecular formula is C13H13N3O2S. The number of nitrogens with zero attached hydrogens (tertiary/aromatic N) is 1. The van der Waals surface area contributed by atoms with Gasteiger partial charge in [-0.2, -0.15) is 0 Å². The molecule has 6 heteroatoms. The molecule has 1 heterocycles. The first-order valence-electron chi connectivity index (χ1n) is 5.59. The van der Waals surface area contributed by atoms with Crippen molar-refractivity contribution in [1.29, 1.82) is 0 Å². The number of rotatable bonds is 4. The molecule has 0 unspecified atom stereocenters. The summed E-state index contributed by atoms with van der Waals surface area (Å²) in [7, 11) is 1.74. The number of hydrogen-bond donors (Lipinski definition) is 3. The number of carbonyl (C=O) groups excluding carboxylic acids is 1. The van der Waals surface area contributed by atoms with Gasteiger partial charge in [-0.25, -0.2) is 4.98 Å². The second-order valence-electron chi connectivity index (χ2n) is 3.66. The highest BCUT2D eigenvalue weighted by Crippen LogP contribution is 2.23. The molecule has 0 radical (unpaired) electrons. The summed E-state index contributed by atoms with van der Waals surface area (Å²) in [5.74, 6) is -0.490. The van der Waals surface area contributed by atoms with Crippen LogP contribution < -0.4 is 10.6 Å². The van der Waals surface area contributed by atoms with Crippen LogP contribution in [-0.2, 0) is 4.79 Å². The second kappa shape index (κ2) is 6.01. The topological polar surface area (TPSA) is 74.2 Å². The monoisotopic (exact) mass is 275 g/mol. The number of hydrogen-bond acceptors (Lipinski definition) is 5. The van der Waals surface area contributed by atoms with Crippen molar-refractivity contribution in [3.8, 4) is 0 Å². The third-order valence-corrected chi connectivity index (χ3v) is 3.32. The standard InChI is InChI=1S/C13H13N3O2S/c1-14-13-15-8-11(19-13)10(17)7-12(18)16-9-5-3-2-4-6-9/h2-8,17H,1H3,(H,14,15)(H,16,18). The number of amides is 1. The Morgan fingerprint density at radius 1 is 1.37 bits per heavy atom. The summed E-state index contributed by atoms with van der Waals surface area (Å²) in [4.78, 5) is 16.3. The van der Waals surface area contributed by atoms with Crippen LogP contribution in [0, 0.1) is 0 Å². The van der Waals surface area contributed by atoms with Crippen LogP contribution in [-0.4, -0.2) is 23.0 Å². The lowest BCUT2D eigenvalue weighted by molar-refractivity contribution is -0.111. The zero-order chi connectivity index (χ0) is 13.7. The normalized spacial score (nSPS) is 11.1. The minimum atomic E-state index is -0.386. The zero-order valence-electron chi connectivity index (χ0n) is 10.3. The van der Waals surface area contributed by atoms with Gasteiger partial charge in [0.2, 0.25) is 0 Å². The van der Waals surface area contributed by atoms with E-state index in [1.807, 2.05) is 18.2 Å². The van der Waals surface area contributed by atoms with Crippen molar-refractivity contribution < 1.29 is 9.90 Å². The Hall–Kier alpha value is -2.34. The minimum absolute atomic E-state index is 0.104. The first-order chi connectivity index (χ1) is 9.19. The predicted octanol–water partition coefficient (Wildman–Crippen LogP) is 2.72. The third kappa shape index (κ3) is 3.56. The van der Waals surface area contributed by atoms with E-state index in [2.05, 4.69) is 15.6 Å². The smallest absolute Gasteiger partial charge is 0.252 e. The molecule has 0 spiro atoms. The summed E-state index contributed by atoms with van der Waals surface area (Å²) in [6.07, 6.45) is 2.65. The van der Waals surface area contributed by atoms with Crippen LogP contribution in [0.1, 0.15) is 4.88 Å². The molecule has 0 atom stereocenters. The first-order valence-corrected chi connectivity index (χ1v) is 6.41. The van der Waals surface area contributed by atoms with E-state index in [0.29, 0.717) is 15.7 Å². The maximum atomic E-state index is 11.7. The van der Waals surface area contributed by atoms with Crippen molar-refractivity contribution in [2.75, 3.05) is 17.7 Å². The Labute approximate surface area is 114 Å². The fourth-order valence-electron chi connectivity index (χ4n) is 1.40. The molecule has 0 fully saturated rings. The Balaban J connectivity index is 2.06. The van der Waals surface area contributed by atoms with E-state index in [-0.39, 0.29) is 11.7 Å². The fourth-order valence-corrected chi connectivity index (χ4v) is 2.09. The number of anilines is 2. The van der Waals surface area contributed by atoms with Gasteiger partial charge in [-0.05, 0) is 12.1 Å². The van der Waals surface area contributed by atoms with Crippen molar-refractivity contribution in [3.63, 3.8) is 0 Å². The van der Waals surface area contributed by atoms with E-state index in [9.17, 15) is 9.90 Å². The van der Waals surface area contributed by atoms with Gasteiger partial charge in [0.1, 0.15) is 5.76 Å². The van der Waals surface area contributed by atoms with Crippen molar-refractivity contribution in [2.24, 2.45) is 0 Å². The van der Waals surface area contributed by atoms with Crippen molar-refractivity contribution in [3.05, 3.63) is 47.5 Å². The zero-order valence-corrected chi connectivity index (χ0v) is 11.1. The molecule has 5 nitrogen and oxygen atoms in total. The molecule has 2 aromatic rings. The van der Waals surface area contributed by atoms with Crippen molar-refractivity contribution >= 4 is 33.8 Å². The van der Waals surface area contributed by atoms with Gasteiger partial charge >= 0.3 is 0 Å². The number of aliphatic hydroxyl groups is 1. The highest BCUT2D eigenvalue weighted by atomic mass is 32.1. The summed E-state index contributed by atoms with van der Waals surface area (Å²) in [5, 5.41) is 16.0. The van der Waals surface area contributed by atoms with Gasteiger partial charge in [0.25, 0.3) is 5.91 Å². The largest absolute Gasteiger partial charge is 0.506 e. The summed E-state index contributed by atoms with van der Waals surface area (Å²) in [6, 6.07) is 9.05. The Kier molecular flexibility index (Phi) is 4.15. The van der Waals surface area contributed by atoms with Gasteiger partial charge < -0.3 is 15.7 Å². The fraction of sp³-hybridized carbons (Fsp3) is 0.0769. The highest BCUT2D eigenvalue weighted by Gasteiger charge is 2.07. The SMILES string of the molecule is CNc1ncc(C(O)=CC(=O)Nc2ccccc2)s1. The minimum Gasteiger partial charge on any atom is -0.506 e. The van der Waals surface area contributed by atoms with Crippen LogP contribution in [0.3, 0.4) is 0 Å². The number of carbonyl (C=O) groups is 1. The van der Waals surface area contributed by atoms with E-state index >= 15 is 0 Å². The summed E-state index contributed by atoms with van der Waals surface area (Å²) >= 11 is 1.27. The first kappa shape index (κ1) is 13.1. The van der Waals surface area contributed by atoms with Gasteiger partial charge in [-0.15, -0.1) is 0 Å². The van der Waals surface area contributed by atoms with E-state index in [4.69, 9.17) is 0 Å². The molecule has 0 aliphatic rings. The van der Waals surface area contributed by atoms with Crippen LogP contribution in [0.25, 0.3) is 5.76 Å². The molecule has 2 rings (SSSR count). The average Bonchev–Trinajstić information content (AvgIpc) is 2.88. The molecule has 0 aliphatic carbocycles. The number of thiazole rings is 1. The van der Waals surface area contributed by atoms with Crippen LogP contribution in [0.4, 0.5) is 10.8 Å². The third-order valence-electron chi connectivity index (χ3n) is 2.28. The number of nitrogens with one attached hydrogen (secondary N) is 2. The maximum absolute atomic E-state index is 11.7. The molecule has 0 aliphatic heterocycles. The summed E-state index contributed by atoms with van der Waals surface area (Å²) in [5.41, 5.74) is 0.678. The Morgan fingerprint density at radius 2 is 2.11 bits per heavy atom. The van der Waals surface area contributed by atoms with E-state index in [1.54, 1.807) is 19.2 Å². The highest BCUT2D eigenvalue weighted by molar-refractivity contribution is 7.16. The number of aromatic nitrogens is 1. The molecular weight excluding hydrogens is 262 g/mol. The predicted molar refractivity (Wildman–Crippen MR) is 77.3 cm³/mol. The van der Waals surface area contributed by atoms with Gasteiger partial charge in [0.15, 0.2) is 5.13 Å². The molecule has 1 aromatic carbocycles.